The number of aromatic nitrogens is 3. The molecule has 196 valence electrons. The van der Waals surface area contributed by atoms with Gasteiger partial charge in [-0.2, -0.15) is 0 Å². The Hall–Kier alpha value is -3.60. The van der Waals surface area contributed by atoms with Crippen LogP contribution in [0.25, 0.3) is 0 Å². The van der Waals surface area contributed by atoms with Crippen LogP contribution in [0.15, 0.2) is 40.7 Å². The molecular formula is C21H23N7O7S2. The number of nitrogens with two attached hydrogens (primary N) is 2. The van der Waals surface area contributed by atoms with Gasteiger partial charge in [0.05, 0.1) is 0 Å². The number of primary amides is 1. The van der Waals surface area contributed by atoms with Crippen LogP contribution in [0.3, 0.4) is 0 Å². The molecule has 1 aromatic carbocycles. The smallest absolute Gasteiger partial charge is 0.352 e. The quantitative estimate of drug-likeness (QED) is 0.147. The predicted molar refractivity (Wildman–Crippen MR) is 131 cm³/mol. The van der Waals surface area contributed by atoms with E-state index in [2.05, 4.69) is 20.5 Å². The number of hydrogen-bond acceptors (Lipinski definition) is 11. The zero-order valence-electron chi connectivity index (χ0n) is 19.1. The van der Waals surface area contributed by atoms with Crippen LogP contribution < -0.4 is 16.8 Å². The Bertz CT molecular complexity index is 1250. The first-order chi connectivity index (χ1) is 17.7. The molecule has 16 heteroatoms. The molecule has 1 aromatic heterocycles. The molecular weight excluding hydrogens is 526 g/mol. The molecule has 0 bridgehead atoms. The fourth-order valence-electron chi connectivity index (χ4n) is 3.68. The summed E-state index contributed by atoms with van der Waals surface area (Å²) in [4.78, 5) is 53.7. The molecule has 2 aliphatic rings. The second kappa shape index (κ2) is 11.2. The lowest BCUT2D eigenvalue weighted by molar-refractivity contribution is -0.150. The number of aliphatic carboxylic acids is 1. The maximum absolute atomic E-state index is 12.9. The van der Waals surface area contributed by atoms with Gasteiger partial charge in [-0.05, 0) is 23.3 Å². The monoisotopic (exact) mass is 549 g/mol. The van der Waals surface area contributed by atoms with Crippen LogP contribution in [0.1, 0.15) is 17.4 Å². The number of β-lactam (4-membered cyclic amide) rings is 1. The highest BCUT2D eigenvalue weighted by atomic mass is 32.2. The standard InChI is InChI=1S/C21H23N7O7S2/c22-12(30)5-35-6-13-24-21(27-26-13)37-8-10-7-36-19-15(18(32)28(19)16(10)20(33)34)25-17(31)14(23)9-1-3-11(29)4-2-9/h1-4,14-15,19,29H,5-8,23H2,(H2,22,30)(H,25,31)(H,33,34)(H,24,26,27)/t14?,15?,19-/m1/s1. The van der Waals surface area contributed by atoms with E-state index in [9.17, 15) is 29.4 Å². The molecule has 3 amide bonds. The molecule has 0 spiro atoms. The Morgan fingerprint density at radius 3 is 2.73 bits per heavy atom. The predicted octanol–water partition coefficient (Wildman–Crippen LogP) is -0.957. The molecule has 37 heavy (non-hydrogen) atoms. The minimum atomic E-state index is -1.25. The number of H-pyrrole nitrogens is 1. The third kappa shape index (κ3) is 5.87. The zero-order chi connectivity index (χ0) is 26.7. The third-order valence-electron chi connectivity index (χ3n) is 5.45. The van der Waals surface area contributed by atoms with E-state index in [0.717, 1.165) is 0 Å². The van der Waals surface area contributed by atoms with Crippen molar-refractivity contribution in [3.05, 3.63) is 46.9 Å². The number of phenolic OH excluding ortho intramolecular Hbond substituents is 1. The van der Waals surface area contributed by atoms with Crippen molar-refractivity contribution in [2.45, 2.75) is 29.2 Å². The average molecular weight is 550 g/mol. The summed E-state index contributed by atoms with van der Waals surface area (Å²) in [6, 6.07) is 3.83. The number of carbonyl (C=O) groups is 4. The summed E-state index contributed by atoms with van der Waals surface area (Å²) in [5.41, 5.74) is 11.8. The number of nitrogens with zero attached hydrogens (tertiary/aromatic N) is 3. The molecule has 8 N–H and O–H groups in total. The number of aromatic hydroxyl groups is 1. The third-order valence-corrected chi connectivity index (χ3v) is 7.73. The van der Waals surface area contributed by atoms with Gasteiger partial charge in [0, 0.05) is 11.5 Å². The van der Waals surface area contributed by atoms with E-state index in [1.165, 1.54) is 52.7 Å². The second-order valence-corrected chi connectivity index (χ2v) is 10.1. The van der Waals surface area contributed by atoms with Gasteiger partial charge in [0.15, 0.2) is 5.82 Å². The lowest BCUT2D eigenvalue weighted by atomic mass is 10.0. The SMILES string of the molecule is NC(=O)COCc1nc(SCC2=C(C(=O)O)N3C(=O)C(NC(=O)C(N)c4ccc(O)cc4)[C@H]3SC2)n[nH]1. The molecule has 2 unspecified atom stereocenters. The summed E-state index contributed by atoms with van der Waals surface area (Å²) < 4.78 is 5.06. The Labute approximate surface area is 218 Å². The molecule has 14 nitrogen and oxygen atoms in total. The maximum Gasteiger partial charge on any atom is 0.352 e. The number of rotatable bonds is 11. The molecule has 3 atom stereocenters. The first-order valence-corrected chi connectivity index (χ1v) is 12.8. The Morgan fingerprint density at radius 2 is 2.05 bits per heavy atom. The Kier molecular flexibility index (Phi) is 8.01. The Balaban J connectivity index is 1.38. The number of carboxylic acids is 1. The van der Waals surface area contributed by atoms with Gasteiger partial charge < -0.3 is 31.7 Å². The second-order valence-electron chi connectivity index (χ2n) is 8.04. The van der Waals surface area contributed by atoms with Crippen LogP contribution >= 0.6 is 23.5 Å². The summed E-state index contributed by atoms with van der Waals surface area (Å²) >= 11 is 2.50. The number of nitrogens with one attached hydrogen (secondary N) is 2. The summed E-state index contributed by atoms with van der Waals surface area (Å²) in [5.74, 6) is -2.07. The normalized spacial score (nSPS) is 19.7. The van der Waals surface area contributed by atoms with Crippen molar-refractivity contribution in [3.63, 3.8) is 0 Å². The highest BCUT2D eigenvalue weighted by molar-refractivity contribution is 8.01. The maximum atomic E-state index is 12.9. The number of phenols is 1. The van der Waals surface area contributed by atoms with Crippen LogP contribution in [0.4, 0.5) is 0 Å². The van der Waals surface area contributed by atoms with Crippen LogP contribution in [-0.2, 0) is 30.5 Å². The topological polar surface area (TPSA) is 227 Å². The van der Waals surface area contributed by atoms with E-state index in [4.69, 9.17) is 16.2 Å². The molecule has 2 aliphatic heterocycles. The van der Waals surface area contributed by atoms with Crippen molar-refractivity contribution in [2.75, 3.05) is 18.1 Å². The van der Waals surface area contributed by atoms with Gasteiger partial charge in [-0.3, -0.25) is 24.4 Å². The fourth-order valence-corrected chi connectivity index (χ4v) is 5.98. The molecule has 3 heterocycles. The van der Waals surface area contributed by atoms with Gasteiger partial charge in [0.2, 0.25) is 17.0 Å². The minimum absolute atomic E-state index is 0.00287. The van der Waals surface area contributed by atoms with Crippen molar-refractivity contribution in [1.29, 1.82) is 0 Å². The summed E-state index contributed by atoms with van der Waals surface area (Å²) in [6.45, 7) is -0.257. The van der Waals surface area contributed by atoms with E-state index in [1.807, 2.05) is 0 Å². The number of fused-ring (bicyclic) bond motifs is 1. The van der Waals surface area contributed by atoms with Gasteiger partial charge in [0.1, 0.15) is 42.1 Å². The van der Waals surface area contributed by atoms with Crippen molar-refractivity contribution in [3.8, 4) is 5.75 Å². The van der Waals surface area contributed by atoms with Crippen LogP contribution in [0.5, 0.6) is 5.75 Å². The first kappa shape index (κ1) is 26.5. The van der Waals surface area contributed by atoms with Gasteiger partial charge in [-0.1, -0.05) is 23.9 Å². The molecule has 1 fully saturated rings. The number of aromatic amines is 1. The zero-order valence-corrected chi connectivity index (χ0v) is 20.8. The summed E-state index contributed by atoms with van der Waals surface area (Å²) in [7, 11) is 0. The van der Waals surface area contributed by atoms with E-state index in [-0.39, 0.29) is 30.4 Å². The Morgan fingerprint density at radius 1 is 1.32 bits per heavy atom. The number of carboxylic acid groups (broad SMARTS) is 1. The summed E-state index contributed by atoms with van der Waals surface area (Å²) in [5, 5.41) is 28.3. The average Bonchev–Trinajstić information content (AvgIpc) is 3.32. The molecule has 1 saturated heterocycles. The van der Waals surface area contributed by atoms with Gasteiger partial charge in [-0.25, -0.2) is 9.78 Å². The van der Waals surface area contributed by atoms with Crippen LogP contribution in [0.2, 0.25) is 0 Å². The first-order valence-electron chi connectivity index (χ1n) is 10.8. The molecule has 0 radical (unpaired) electrons. The highest BCUT2D eigenvalue weighted by Crippen LogP contribution is 2.41. The highest BCUT2D eigenvalue weighted by Gasteiger charge is 2.54. The molecule has 0 saturated carbocycles. The number of ether oxygens (including phenoxy) is 1. The molecule has 2 aromatic rings. The largest absolute Gasteiger partial charge is 0.508 e. The number of hydrogen-bond donors (Lipinski definition) is 6. The fraction of sp³-hybridized carbons (Fsp3) is 0.333. The molecule has 4 rings (SSSR count). The lowest BCUT2D eigenvalue weighted by Crippen LogP contribution is -2.71. The number of benzene rings is 1. The van der Waals surface area contributed by atoms with E-state index in [0.29, 0.717) is 27.9 Å². The molecule has 0 aliphatic carbocycles. The van der Waals surface area contributed by atoms with Gasteiger partial charge >= 0.3 is 5.97 Å². The van der Waals surface area contributed by atoms with E-state index in [1.54, 1.807) is 0 Å². The van der Waals surface area contributed by atoms with Crippen molar-refractivity contribution in [1.82, 2.24) is 25.4 Å². The van der Waals surface area contributed by atoms with Gasteiger partial charge in [0.25, 0.3) is 5.91 Å². The van der Waals surface area contributed by atoms with Crippen molar-refractivity contribution < 1.29 is 34.1 Å². The summed E-state index contributed by atoms with van der Waals surface area (Å²) in [6.07, 6.45) is 0. The number of carbonyl (C=O) groups excluding carboxylic acids is 3. The van der Waals surface area contributed by atoms with Crippen LogP contribution in [-0.4, -0.2) is 83.5 Å². The number of thioether (sulfide) groups is 2. The van der Waals surface area contributed by atoms with E-state index < -0.39 is 41.1 Å². The van der Waals surface area contributed by atoms with E-state index >= 15 is 0 Å². The minimum Gasteiger partial charge on any atom is -0.508 e. The number of amides is 3. The van der Waals surface area contributed by atoms with Crippen LogP contribution in [0, 0.1) is 0 Å². The van der Waals surface area contributed by atoms with Gasteiger partial charge in [-0.15, -0.1) is 16.9 Å². The van der Waals surface area contributed by atoms with Crippen molar-refractivity contribution >= 4 is 47.2 Å². The lowest BCUT2D eigenvalue weighted by Gasteiger charge is -2.49. The van der Waals surface area contributed by atoms with Crippen molar-refractivity contribution in [2.24, 2.45) is 11.5 Å².